The Kier molecular flexibility index (Phi) is 3.73. The van der Waals surface area contributed by atoms with E-state index >= 15 is 0 Å². The minimum Gasteiger partial charge on any atom is -0.299 e. The van der Waals surface area contributed by atoms with Crippen molar-refractivity contribution >= 4 is 0 Å². The molecule has 1 fully saturated rings. The van der Waals surface area contributed by atoms with E-state index in [2.05, 4.69) is 4.90 Å². The number of benzene rings is 1. The van der Waals surface area contributed by atoms with Crippen molar-refractivity contribution < 1.29 is 4.39 Å². The Hall–Kier alpha value is -0.890. The minimum absolute atomic E-state index is 0.357. The molecule has 0 aliphatic carbocycles. The van der Waals surface area contributed by atoms with E-state index < -0.39 is 0 Å². The highest BCUT2D eigenvalue weighted by Crippen LogP contribution is 2.13. The first-order chi connectivity index (χ1) is 7.38. The highest BCUT2D eigenvalue weighted by molar-refractivity contribution is 5.21. The molecule has 0 N–H and O–H groups in total. The number of hydrogen-bond donors (Lipinski definition) is 0. The Morgan fingerprint density at radius 2 is 1.53 bits per heavy atom. The van der Waals surface area contributed by atoms with Crippen LogP contribution in [0, 0.1) is 0 Å². The van der Waals surface area contributed by atoms with Crippen molar-refractivity contribution in [1.82, 2.24) is 4.90 Å². The van der Waals surface area contributed by atoms with Gasteiger partial charge in [-0.1, -0.05) is 30.7 Å². The lowest BCUT2D eigenvalue weighted by atomic mass is 10.1. The van der Waals surface area contributed by atoms with Crippen molar-refractivity contribution in [3.8, 4) is 0 Å². The van der Waals surface area contributed by atoms with Gasteiger partial charge in [0.1, 0.15) is 6.67 Å². The lowest BCUT2D eigenvalue weighted by molar-refractivity contribution is 0.221. The Balaban J connectivity index is 1.91. The summed E-state index contributed by atoms with van der Waals surface area (Å²) in [6, 6.07) is 7.87. The predicted octanol–water partition coefficient (Wildman–Crippen LogP) is 3.14. The SMILES string of the molecule is FCc1ccc(CN2CCCCC2)cc1. The number of piperidine rings is 1. The van der Waals surface area contributed by atoms with Gasteiger partial charge in [-0.15, -0.1) is 0 Å². The Morgan fingerprint density at radius 1 is 0.933 bits per heavy atom. The van der Waals surface area contributed by atoms with Gasteiger partial charge in [0, 0.05) is 6.54 Å². The van der Waals surface area contributed by atoms with Crippen LogP contribution in [-0.2, 0) is 13.2 Å². The molecule has 0 spiro atoms. The maximum Gasteiger partial charge on any atom is 0.115 e. The van der Waals surface area contributed by atoms with Gasteiger partial charge in [-0.3, -0.25) is 4.90 Å². The summed E-state index contributed by atoms with van der Waals surface area (Å²) in [5.41, 5.74) is 2.08. The molecule has 1 heterocycles. The molecule has 2 rings (SSSR count). The summed E-state index contributed by atoms with van der Waals surface area (Å²) >= 11 is 0. The summed E-state index contributed by atoms with van der Waals surface area (Å²) in [5.74, 6) is 0. The van der Waals surface area contributed by atoms with E-state index in [9.17, 15) is 4.39 Å². The zero-order valence-electron chi connectivity index (χ0n) is 9.08. The largest absolute Gasteiger partial charge is 0.299 e. The first-order valence-corrected chi connectivity index (χ1v) is 5.74. The molecule has 1 saturated heterocycles. The van der Waals surface area contributed by atoms with Crippen LogP contribution in [0.1, 0.15) is 30.4 Å². The van der Waals surface area contributed by atoms with E-state index in [0.29, 0.717) is 0 Å². The average Bonchev–Trinajstić information content (AvgIpc) is 2.31. The van der Waals surface area contributed by atoms with Crippen molar-refractivity contribution in [2.45, 2.75) is 32.5 Å². The van der Waals surface area contributed by atoms with Crippen LogP contribution in [0.4, 0.5) is 4.39 Å². The molecule has 0 amide bonds. The molecule has 2 heteroatoms. The monoisotopic (exact) mass is 207 g/mol. The molecule has 0 aromatic heterocycles. The Bertz CT molecular complexity index is 288. The van der Waals surface area contributed by atoms with Crippen LogP contribution < -0.4 is 0 Å². The smallest absolute Gasteiger partial charge is 0.115 e. The quantitative estimate of drug-likeness (QED) is 0.736. The van der Waals surface area contributed by atoms with Crippen LogP contribution in [0.15, 0.2) is 24.3 Å². The van der Waals surface area contributed by atoms with E-state index in [1.165, 1.54) is 37.9 Å². The number of nitrogens with zero attached hydrogens (tertiary/aromatic N) is 1. The Labute approximate surface area is 90.9 Å². The molecule has 0 unspecified atom stereocenters. The molecular formula is C13H18FN. The fraction of sp³-hybridized carbons (Fsp3) is 0.538. The number of alkyl halides is 1. The van der Waals surface area contributed by atoms with E-state index in [1.54, 1.807) is 0 Å². The van der Waals surface area contributed by atoms with E-state index in [4.69, 9.17) is 0 Å². The summed E-state index contributed by atoms with van der Waals surface area (Å²) < 4.78 is 12.3. The van der Waals surface area contributed by atoms with Gasteiger partial charge in [0.05, 0.1) is 0 Å². The number of likely N-dealkylation sites (tertiary alicyclic amines) is 1. The molecule has 1 aliphatic rings. The second-order valence-corrected chi connectivity index (χ2v) is 4.29. The van der Waals surface area contributed by atoms with Crippen LogP contribution in [0.3, 0.4) is 0 Å². The topological polar surface area (TPSA) is 3.24 Å². The highest BCUT2D eigenvalue weighted by Gasteiger charge is 2.09. The van der Waals surface area contributed by atoms with Crippen LogP contribution in [0.2, 0.25) is 0 Å². The Morgan fingerprint density at radius 3 is 2.13 bits per heavy atom. The summed E-state index contributed by atoms with van der Waals surface area (Å²) in [7, 11) is 0. The van der Waals surface area contributed by atoms with Crippen molar-refractivity contribution in [2.75, 3.05) is 13.1 Å². The second kappa shape index (κ2) is 5.26. The standard InChI is InChI=1S/C13H18FN/c14-10-12-4-6-13(7-5-12)11-15-8-2-1-3-9-15/h4-7H,1-3,8-11H2. The fourth-order valence-corrected chi connectivity index (χ4v) is 2.11. The van der Waals surface area contributed by atoms with Gasteiger partial charge in [-0.25, -0.2) is 4.39 Å². The minimum atomic E-state index is -0.357. The first-order valence-electron chi connectivity index (χ1n) is 5.74. The molecule has 1 aliphatic heterocycles. The third kappa shape index (κ3) is 3.03. The summed E-state index contributed by atoms with van der Waals surface area (Å²) in [6.45, 7) is 3.09. The van der Waals surface area contributed by atoms with Crippen LogP contribution in [-0.4, -0.2) is 18.0 Å². The molecule has 0 radical (unpaired) electrons. The van der Waals surface area contributed by atoms with E-state index in [0.717, 1.165) is 12.1 Å². The van der Waals surface area contributed by atoms with Crippen molar-refractivity contribution in [1.29, 1.82) is 0 Å². The normalized spacial score (nSPS) is 17.9. The maximum atomic E-state index is 12.3. The summed E-state index contributed by atoms with van der Waals surface area (Å²) in [4.78, 5) is 2.48. The molecule has 0 saturated carbocycles. The van der Waals surface area contributed by atoms with Crippen LogP contribution in [0.5, 0.6) is 0 Å². The number of hydrogen-bond acceptors (Lipinski definition) is 1. The molecule has 1 nitrogen and oxygen atoms in total. The van der Waals surface area contributed by atoms with Crippen molar-refractivity contribution in [2.24, 2.45) is 0 Å². The third-order valence-electron chi connectivity index (χ3n) is 3.03. The predicted molar refractivity (Wildman–Crippen MR) is 60.4 cm³/mol. The molecule has 15 heavy (non-hydrogen) atoms. The van der Waals surface area contributed by atoms with Crippen molar-refractivity contribution in [3.05, 3.63) is 35.4 Å². The maximum absolute atomic E-state index is 12.3. The van der Waals surface area contributed by atoms with Crippen LogP contribution in [0.25, 0.3) is 0 Å². The summed E-state index contributed by atoms with van der Waals surface area (Å²) in [5, 5.41) is 0. The van der Waals surface area contributed by atoms with Gasteiger partial charge in [0.15, 0.2) is 0 Å². The lowest BCUT2D eigenvalue weighted by Crippen LogP contribution is -2.29. The van der Waals surface area contributed by atoms with Crippen LogP contribution >= 0.6 is 0 Å². The molecule has 0 bridgehead atoms. The molecule has 1 aromatic carbocycles. The molecule has 0 atom stereocenters. The zero-order chi connectivity index (χ0) is 10.5. The van der Waals surface area contributed by atoms with E-state index in [-0.39, 0.29) is 6.67 Å². The van der Waals surface area contributed by atoms with Gasteiger partial charge < -0.3 is 0 Å². The average molecular weight is 207 g/mol. The van der Waals surface area contributed by atoms with Gasteiger partial charge in [0.25, 0.3) is 0 Å². The fourth-order valence-electron chi connectivity index (χ4n) is 2.11. The number of rotatable bonds is 3. The number of halogens is 1. The zero-order valence-corrected chi connectivity index (χ0v) is 9.08. The highest BCUT2D eigenvalue weighted by atomic mass is 19.1. The third-order valence-corrected chi connectivity index (χ3v) is 3.03. The second-order valence-electron chi connectivity index (χ2n) is 4.29. The molecule has 1 aromatic rings. The summed E-state index contributed by atoms with van der Waals surface area (Å²) in [6.07, 6.45) is 4.02. The van der Waals surface area contributed by atoms with Gasteiger partial charge >= 0.3 is 0 Å². The molecular weight excluding hydrogens is 189 g/mol. The molecule has 82 valence electrons. The van der Waals surface area contributed by atoms with Gasteiger partial charge in [-0.2, -0.15) is 0 Å². The lowest BCUT2D eigenvalue weighted by Gasteiger charge is -2.26. The van der Waals surface area contributed by atoms with Gasteiger partial charge in [0.2, 0.25) is 0 Å². The van der Waals surface area contributed by atoms with Gasteiger partial charge in [-0.05, 0) is 37.1 Å². The van der Waals surface area contributed by atoms with Crippen molar-refractivity contribution in [3.63, 3.8) is 0 Å². The van der Waals surface area contributed by atoms with E-state index in [1.807, 2.05) is 24.3 Å². The first kappa shape index (κ1) is 10.6.